The van der Waals surface area contributed by atoms with Crippen molar-refractivity contribution in [1.82, 2.24) is 10.2 Å². The van der Waals surface area contributed by atoms with E-state index in [0.717, 1.165) is 35.3 Å². The van der Waals surface area contributed by atoms with Gasteiger partial charge in [-0.25, -0.2) is 0 Å². The first-order valence-electron chi connectivity index (χ1n) is 6.54. The van der Waals surface area contributed by atoms with Crippen molar-refractivity contribution in [2.24, 2.45) is 0 Å². The maximum absolute atomic E-state index is 12.5. The van der Waals surface area contributed by atoms with E-state index in [-0.39, 0.29) is 5.91 Å². The van der Waals surface area contributed by atoms with Crippen LogP contribution in [0.4, 0.5) is 0 Å². The molecule has 2 aliphatic rings. The molecule has 0 aromatic carbocycles. The molecule has 3 heterocycles. The molecule has 0 aliphatic carbocycles. The molecule has 1 aromatic heterocycles. The topological polar surface area (TPSA) is 32.3 Å². The Hall–Kier alpha value is -0.390. The zero-order chi connectivity index (χ0) is 12.5. The van der Waals surface area contributed by atoms with E-state index < -0.39 is 0 Å². The van der Waals surface area contributed by atoms with E-state index in [2.05, 4.69) is 26.1 Å². The summed E-state index contributed by atoms with van der Waals surface area (Å²) in [5, 5.41) is 5.49. The van der Waals surface area contributed by atoms with Crippen molar-refractivity contribution in [1.29, 1.82) is 0 Å². The number of hydrogen-bond donors (Lipinski definition) is 1. The van der Waals surface area contributed by atoms with Crippen LogP contribution in [0.2, 0.25) is 0 Å². The fourth-order valence-electron chi connectivity index (χ4n) is 3.09. The zero-order valence-electron chi connectivity index (χ0n) is 10.2. The summed E-state index contributed by atoms with van der Waals surface area (Å²) in [6.45, 7) is 2.02. The van der Waals surface area contributed by atoms with Gasteiger partial charge >= 0.3 is 0 Å². The third-order valence-electron chi connectivity index (χ3n) is 3.94. The third kappa shape index (κ3) is 2.36. The minimum atomic E-state index is 0.202. The van der Waals surface area contributed by atoms with E-state index in [9.17, 15) is 4.79 Å². The largest absolute Gasteiger partial charge is 0.334 e. The van der Waals surface area contributed by atoms with Crippen molar-refractivity contribution in [3.05, 3.63) is 20.8 Å². The fraction of sp³-hybridized carbons (Fsp3) is 0.615. The number of likely N-dealkylation sites (tertiary alicyclic amines) is 1. The lowest BCUT2D eigenvalue weighted by atomic mass is 10.0. The normalized spacial score (nSPS) is 27.9. The Bertz CT molecular complexity index is 442. The summed E-state index contributed by atoms with van der Waals surface area (Å²) in [6, 6.07) is 2.85. The Morgan fingerprint density at radius 1 is 1.44 bits per heavy atom. The molecule has 18 heavy (non-hydrogen) atoms. The molecule has 0 radical (unpaired) electrons. The number of nitrogens with one attached hydrogen (secondary N) is 1. The average molecular weight is 329 g/mol. The number of halogens is 1. The second-order valence-electron chi connectivity index (χ2n) is 5.05. The van der Waals surface area contributed by atoms with E-state index >= 15 is 0 Å². The van der Waals surface area contributed by atoms with Gasteiger partial charge in [0, 0.05) is 24.0 Å². The molecule has 0 saturated carbocycles. The quantitative estimate of drug-likeness (QED) is 0.905. The molecule has 0 bridgehead atoms. The number of carbonyl (C=O) groups excluding carboxylic acids is 1. The van der Waals surface area contributed by atoms with Crippen LogP contribution in [0.5, 0.6) is 0 Å². The maximum Gasteiger partial charge on any atom is 0.255 e. The monoisotopic (exact) mass is 328 g/mol. The maximum atomic E-state index is 12.5. The number of nitrogens with zero attached hydrogens (tertiary/aromatic N) is 1. The van der Waals surface area contributed by atoms with Crippen LogP contribution in [0, 0.1) is 0 Å². The van der Waals surface area contributed by atoms with Crippen molar-refractivity contribution in [3.8, 4) is 0 Å². The Morgan fingerprint density at radius 2 is 2.33 bits per heavy atom. The van der Waals surface area contributed by atoms with Crippen LogP contribution in [0.15, 0.2) is 15.2 Å². The number of amides is 1. The van der Waals surface area contributed by atoms with Gasteiger partial charge in [-0.1, -0.05) is 0 Å². The average Bonchev–Trinajstić information content (AvgIpc) is 3.08. The number of thiophene rings is 1. The van der Waals surface area contributed by atoms with Gasteiger partial charge in [-0.3, -0.25) is 4.79 Å². The van der Waals surface area contributed by atoms with Crippen LogP contribution in [-0.2, 0) is 0 Å². The summed E-state index contributed by atoms with van der Waals surface area (Å²) in [7, 11) is 0. The van der Waals surface area contributed by atoms with Gasteiger partial charge in [0.25, 0.3) is 5.91 Å². The van der Waals surface area contributed by atoms with Crippen LogP contribution >= 0.6 is 27.3 Å². The summed E-state index contributed by atoms with van der Waals surface area (Å²) in [5.74, 6) is 0.202. The van der Waals surface area contributed by atoms with E-state index in [1.807, 2.05) is 11.4 Å². The number of rotatable bonds is 2. The predicted octanol–water partition coefficient (Wildman–Crippen LogP) is 2.87. The second-order valence-corrected chi connectivity index (χ2v) is 7.34. The Labute approximate surface area is 120 Å². The third-order valence-corrected chi connectivity index (χ3v) is 5.44. The van der Waals surface area contributed by atoms with Crippen molar-refractivity contribution >= 4 is 33.2 Å². The van der Waals surface area contributed by atoms with Crippen LogP contribution in [0.25, 0.3) is 0 Å². The van der Waals surface area contributed by atoms with E-state index in [0.29, 0.717) is 12.1 Å². The molecule has 2 saturated heterocycles. The number of carbonyl (C=O) groups is 1. The standard InChI is InChI=1S/C13H17BrN2OS/c14-12-7-9(8-18-12)13(17)16-6-2-4-11(16)10-3-1-5-15-10/h7-8,10-11,15H,1-6H2. The smallest absolute Gasteiger partial charge is 0.255 e. The molecule has 0 spiro atoms. The van der Waals surface area contributed by atoms with Gasteiger partial charge in [0.05, 0.1) is 9.35 Å². The fourth-order valence-corrected chi connectivity index (χ4v) is 4.22. The van der Waals surface area contributed by atoms with Crippen LogP contribution in [-0.4, -0.2) is 36.0 Å². The molecular weight excluding hydrogens is 312 g/mol. The van der Waals surface area contributed by atoms with Crippen molar-refractivity contribution in [3.63, 3.8) is 0 Å². The highest BCUT2D eigenvalue weighted by molar-refractivity contribution is 9.11. The number of hydrogen-bond acceptors (Lipinski definition) is 3. The highest BCUT2D eigenvalue weighted by atomic mass is 79.9. The van der Waals surface area contributed by atoms with E-state index in [1.165, 1.54) is 12.8 Å². The molecule has 1 amide bonds. The molecule has 1 aromatic rings. The van der Waals surface area contributed by atoms with Crippen molar-refractivity contribution in [2.45, 2.75) is 37.8 Å². The minimum Gasteiger partial charge on any atom is -0.334 e. The van der Waals surface area contributed by atoms with Gasteiger partial charge in [0.1, 0.15) is 0 Å². The van der Waals surface area contributed by atoms with E-state index in [1.54, 1.807) is 11.3 Å². The first kappa shape index (κ1) is 12.6. The molecule has 98 valence electrons. The van der Waals surface area contributed by atoms with E-state index in [4.69, 9.17) is 0 Å². The Morgan fingerprint density at radius 3 is 3.00 bits per heavy atom. The molecule has 2 atom stereocenters. The summed E-state index contributed by atoms with van der Waals surface area (Å²) < 4.78 is 1.03. The Kier molecular flexibility index (Phi) is 3.73. The van der Waals surface area contributed by atoms with Gasteiger partial charge in [-0.15, -0.1) is 11.3 Å². The van der Waals surface area contributed by atoms with Crippen LogP contribution in [0.1, 0.15) is 36.0 Å². The molecular formula is C13H17BrN2OS. The molecule has 3 rings (SSSR count). The highest BCUT2D eigenvalue weighted by Crippen LogP contribution is 2.28. The van der Waals surface area contributed by atoms with Gasteiger partial charge in [0.2, 0.25) is 0 Å². The zero-order valence-corrected chi connectivity index (χ0v) is 12.6. The SMILES string of the molecule is O=C(c1csc(Br)c1)N1CCCC1C1CCCN1. The molecule has 2 fully saturated rings. The second kappa shape index (κ2) is 5.31. The molecule has 5 heteroatoms. The Balaban J connectivity index is 1.75. The van der Waals surface area contributed by atoms with Gasteiger partial charge in [0.15, 0.2) is 0 Å². The molecule has 2 unspecified atom stereocenters. The van der Waals surface area contributed by atoms with Crippen molar-refractivity contribution in [2.75, 3.05) is 13.1 Å². The lowest BCUT2D eigenvalue weighted by molar-refractivity contribution is 0.0712. The minimum absolute atomic E-state index is 0.202. The van der Waals surface area contributed by atoms with Crippen LogP contribution in [0.3, 0.4) is 0 Å². The molecule has 2 aliphatic heterocycles. The lowest BCUT2D eigenvalue weighted by Gasteiger charge is -2.29. The molecule has 3 nitrogen and oxygen atoms in total. The van der Waals surface area contributed by atoms with Crippen molar-refractivity contribution < 1.29 is 4.79 Å². The lowest BCUT2D eigenvalue weighted by Crippen LogP contribution is -2.46. The van der Waals surface area contributed by atoms with Gasteiger partial charge < -0.3 is 10.2 Å². The summed E-state index contributed by atoms with van der Waals surface area (Å²) >= 11 is 5.00. The van der Waals surface area contributed by atoms with Gasteiger partial charge in [-0.2, -0.15) is 0 Å². The predicted molar refractivity (Wildman–Crippen MR) is 77.1 cm³/mol. The summed E-state index contributed by atoms with van der Waals surface area (Å²) in [4.78, 5) is 14.6. The first-order chi connectivity index (χ1) is 8.75. The molecule has 1 N–H and O–H groups in total. The summed E-state index contributed by atoms with van der Waals surface area (Å²) in [5.41, 5.74) is 0.830. The van der Waals surface area contributed by atoms with Crippen LogP contribution < -0.4 is 5.32 Å². The first-order valence-corrected chi connectivity index (χ1v) is 8.21. The summed E-state index contributed by atoms with van der Waals surface area (Å²) in [6.07, 6.45) is 4.74. The van der Waals surface area contributed by atoms with Gasteiger partial charge in [-0.05, 0) is 54.2 Å². The highest BCUT2D eigenvalue weighted by Gasteiger charge is 2.36.